The zero-order valence-electron chi connectivity index (χ0n) is 12.8. The minimum Gasteiger partial charge on any atom is -0.455 e. The van der Waals surface area contributed by atoms with Gasteiger partial charge in [0.25, 0.3) is 5.91 Å². The Morgan fingerprint density at radius 1 is 1.25 bits per heavy atom. The number of hydrogen-bond acceptors (Lipinski definition) is 4. The van der Waals surface area contributed by atoms with Crippen LogP contribution in [0.3, 0.4) is 0 Å². The molecule has 0 unspecified atom stereocenters. The summed E-state index contributed by atoms with van der Waals surface area (Å²) in [5, 5.41) is 2.55. The summed E-state index contributed by atoms with van der Waals surface area (Å²) in [6.07, 6.45) is 0. The molecule has 0 atom stereocenters. The quantitative estimate of drug-likeness (QED) is 0.618. The molecule has 2 rings (SSSR count). The summed E-state index contributed by atoms with van der Waals surface area (Å²) in [5.41, 5.74) is 1.04. The van der Waals surface area contributed by atoms with Crippen molar-refractivity contribution >= 4 is 40.9 Å². The smallest absolute Gasteiger partial charge is 0.316 e. The maximum atomic E-state index is 13.5. The van der Waals surface area contributed by atoms with E-state index in [4.69, 9.17) is 16.3 Å². The van der Waals surface area contributed by atoms with E-state index < -0.39 is 24.3 Å². The molecule has 0 fully saturated rings. The van der Waals surface area contributed by atoms with Gasteiger partial charge in [-0.2, -0.15) is 0 Å². The molecule has 4 nitrogen and oxygen atoms in total. The van der Waals surface area contributed by atoms with Crippen LogP contribution in [-0.2, 0) is 14.3 Å². The molecule has 1 N–H and O–H groups in total. The Morgan fingerprint density at radius 3 is 2.71 bits per heavy atom. The summed E-state index contributed by atoms with van der Waals surface area (Å²) in [7, 11) is 0. The molecular formula is C17H15ClFNO3S. The van der Waals surface area contributed by atoms with E-state index in [1.54, 1.807) is 0 Å². The van der Waals surface area contributed by atoms with E-state index in [0.717, 1.165) is 16.5 Å². The minimum atomic E-state index is -0.655. The number of hydrogen-bond donors (Lipinski definition) is 1. The number of esters is 1. The first kappa shape index (κ1) is 18.3. The fourth-order valence-corrected chi connectivity index (χ4v) is 2.81. The second-order valence-electron chi connectivity index (χ2n) is 4.89. The van der Waals surface area contributed by atoms with Gasteiger partial charge in [-0.15, -0.1) is 11.8 Å². The van der Waals surface area contributed by atoms with E-state index in [2.05, 4.69) is 5.32 Å². The SMILES string of the molecule is Cc1ccccc1SCC(=O)OCC(=O)Nc1ccc(Cl)cc1F. The first-order valence-electron chi connectivity index (χ1n) is 7.04. The number of ether oxygens (including phenoxy) is 1. The highest BCUT2D eigenvalue weighted by atomic mass is 35.5. The molecule has 0 spiro atoms. The van der Waals surface area contributed by atoms with E-state index in [9.17, 15) is 14.0 Å². The van der Waals surface area contributed by atoms with Gasteiger partial charge in [-0.1, -0.05) is 29.8 Å². The molecule has 0 saturated heterocycles. The third-order valence-corrected chi connectivity index (χ3v) is 4.39. The molecule has 7 heteroatoms. The molecule has 24 heavy (non-hydrogen) atoms. The maximum Gasteiger partial charge on any atom is 0.316 e. The third-order valence-electron chi connectivity index (χ3n) is 3.01. The number of carbonyl (C=O) groups excluding carboxylic acids is 2. The molecule has 0 aliphatic carbocycles. The van der Waals surface area contributed by atoms with Crippen LogP contribution in [0.25, 0.3) is 0 Å². The predicted octanol–water partition coefficient (Wildman–Crippen LogP) is 4.06. The predicted molar refractivity (Wildman–Crippen MR) is 92.9 cm³/mol. The summed E-state index contributed by atoms with van der Waals surface area (Å²) in [6, 6.07) is 11.5. The van der Waals surface area contributed by atoms with Crippen molar-refractivity contribution in [1.82, 2.24) is 0 Å². The number of amides is 1. The molecule has 0 heterocycles. The Morgan fingerprint density at radius 2 is 2.00 bits per heavy atom. The molecule has 0 aromatic heterocycles. The van der Waals surface area contributed by atoms with Gasteiger partial charge in [0, 0.05) is 9.92 Å². The number of aryl methyl sites for hydroxylation is 1. The van der Waals surface area contributed by atoms with E-state index in [1.807, 2.05) is 31.2 Å². The molecule has 0 aliphatic rings. The molecular weight excluding hydrogens is 353 g/mol. The zero-order chi connectivity index (χ0) is 17.5. The van der Waals surface area contributed by atoms with Gasteiger partial charge in [-0.3, -0.25) is 9.59 Å². The Bertz CT molecular complexity index is 754. The fraction of sp³-hybridized carbons (Fsp3) is 0.176. The van der Waals surface area contributed by atoms with Gasteiger partial charge in [0.2, 0.25) is 0 Å². The van der Waals surface area contributed by atoms with Crippen molar-refractivity contribution < 1.29 is 18.7 Å². The minimum absolute atomic E-state index is 0.0188. The molecule has 2 aromatic rings. The molecule has 0 radical (unpaired) electrons. The Hall–Kier alpha value is -2.05. The van der Waals surface area contributed by atoms with Gasteiger partial charge in [-0.05, 0) is 36.8 Å². The van der Waals surface area contributed by atoms with Crippen molar-refractivity contribution in [3.8, 4) is 0 Å². The number of nitrogens with one attached hydrogen (secondary N) is 1. The first-order chi connectivity index (χ1) is 11.5. The van der Waals surface area contributed by atoms with E-state index in [-0.39, 0.29) is 16.5 Å². The average molecular weight is 368 g/mol. The summed E-state index contributed by atoms with van der Waals surface area (Å²) >= 11 is 6.96. The molecule has 0 saturated carbocycles. The van der Waals surface area contributed by atoms with Gasteiger partial charge in [0.05, 0.1) is 11.4 Å². The maximum absolute atomic E-state index is 13.5. The molecule has 126 valence electrons. The van der Waals surface area contributed by atoms with Crippen molar-refractivity contribution in [2.24, 2.45) is 0 Å². The monoisotopic (exact) mass is 367 g/mol. The van der Waals surface area contributed by atoms with Gasteiger partial charge >= 0.3 is 5.97 Å². The Kier molecular flexibility index (Phi) is 6.63. The second-order valence-corrected chi connectivity index (χ2v) is 6.34. The second kappa shape index (κ2) is 8.70. The van der Waals surface area contributed by atoms with Crippen LogP contribution >= 0.6 is 23.4 Å². The van der Waals surface area contributed by atoms with Crippen LogP contribution in [0.1, 0.15) is 5.56 Å². The molecule has 2 aromatic carbocycles. The topological polar surface area (TPSA) is 55.4 Å². The van der Waals surface area contributed by atoms with E-state index in [1.165, 1.54) is 23.9 Å². The lowest BCUT2D eigenvalue weighted by Crippen LogP contribution is -2.22. The average Bonchev–Trinajstić information content (AvgIpc) is 2.55. The lowest BCUT2D eigenvalue weighted by Gasteiger charge is -2.08. The molecule has 0 bridgehead atoms. The van der Waals surface area contributed by atoms with Gasteiger partial charge in [0.15, 0.2) is 6.61 Å². The summed E-state index contributed by atoms with van der Waals surface area (Å²) < 4.78 is 18.4. The van der Waals surface area contributed by atoms with Crippen molar-refractivity contribution in [3.05, 3.63) is 58.9 Å². The lowest BCUT2D eigenvalue weighted by molar-refractivity contribution is -0.144. The van der Waals surface area contributed by atoms with Gasteiger partial charge in [0.1, 0.15) is 5.82 Å². The third kappa shape index (κ3) is 5.54. The number of anilines is 1. The van der Waals surface area contributed by atoms with Crippen LogP contribution < -0.4 is 5.32 Å². The van der Waals surface area contributed by atoms with Gasteiger partial charge < -0.3 is 10.1 Å². The summed E-state index contributed by atoms with van der Waals surface area (Å²) in [4.78, 5) is 24.3. The van der Waals surface area contributed by atoms with Crippen LogP contribution in [0.5, 0.6) is 0 Å². The van der Waals surface area contributed by atoms with Crippen LogP contribution in [0.4, 0.5) is 10.1 Å². The highest BCUT2D eigenvalue weighted by Gasteiger charge is 2.11. The van der Waals surface area contributed by atoms with Gasteiger partial charge in [-0.25, -0.2) is 4.39 Å². The standard InChI is InChI=1S/C17H15ClFNO3S/c1-11-4-2-3-5-15(11)24-10-17(22)23-9-16(21)20-14-7-6-12(18)8-13(14)19/h2-8H,9-10H2,1H3,(H,20,21). The fourth-order valence-electron chi connectivity index (χ4n) is 1.82. The van der Waals surface area contributed by atoms with Crippen molar-refractivity contribution in [2.75, 3.05) is 17.7 Å². The zero-order valence-corrected chi connectivity index (χ0v) is 14.4. The Balaban J connectivity index is 1.77. The highest BCUT2D eigenvalue weighted by Crippen LogP contribution is 2.22. The Labute approximate surface area is 148 Å². The van der Waals surface area contributed by atoms with Crippen molar-refractivity contribution in [3.63, 3.8) is 0 Å². The number of thioether (sulfide) groups is 1. The van der Waals surface area contributed by atoms with Crippen LogP contribution in [0.15, 0.2) is 47.4 Å². The molecule has 1 amide bonds. The lowest BCUT2D eigenvalue weighted by atomic mass is 10.2. The molecule has 0 aliphatic heterocycles. The number of carbonyl (C=O) groups is 2. The van der Waals surface area contributed by atoms with E-state index in [0.29, 0.717) is 0 Å². The van der Waals surface area contributed by atoms with Crippen LogP contribution in [0, 0.1) is 12.7 Å². The van der Waals surface area contributed by atoms with Crippen molar-refractivity contribution in [1.29, 1.82) is 0 Å². The normalized spacial score (nSPS) is 10.3. The number of rotatable bonds is 6. The van der Waals surface area contributed by atoms with E-state index >= 15 is 0 Å². The highest BCUT2D eigenvalue weighted by molar-refractivity contribution is 8.00. The van der Waals surface area contributed by atoms with Crippen LogP contribution in [-0.4, -0.2) is 24.2 Å². The summed E-state index contributed by atoms with van der Waals surface area (Å²) in [6.45, 7) is 1.47. The van der Waals surface area contributed by atoms with Crippen molar-refractivity contribution in [2.45, 2.75) is 11.8 Å². The first-order valence-corrected chi connectivity index (χ1v) is 8.41. The number of benzene rings is 2. The summed E-state index contributed by atoms with van der Waals surface area (Å²) in [5.74, 6) is -1.70. The largest absolute Gasteiger partial charge is 0.455 e. The van der Waals surface area contributed by atoms with Crippen LogP contribution in [0.2, 0.25) is 5.02 Å². The number of halogens is 2.